The predicted octanol–water partition coefficient (Wildman–Crippen LogP) is 5.03. The third-order valence-electron chi connectivity index (χ3n) is 6.55. The maximum absolute atomic E-state index is 13.4. The summed E-state index contributed by atoms with van der Waals surface area (Å²) in [7, 11) is 0. The van der Waals surface area contributed by atoms with Gasteiger partial charge in [-0.1, -0.05) is 18.2 Å². The van der Waals surface area contributed by atoms with Gasteiger partial charge in [0.25, 0.3) is 5.91 Å². The van der Waals surface area contributed by atoms with Crippen LogP contribution in [0.15, 0.2) is 48.5 Å². The second-order valence-electron chi connectivity index (χ2n) is 9.33. The maximum atomic E-state index is 13.4. The van der Waals surface area contributed by atoms with Crippen LogP contribution >= 0.6 is 0 Å². The van der Waals surface area contributed by atoms with Crippen LogP contribution in [0.2, 0.25) is 0 Å². The number of fused-ring (bicyclic) bond motifs is 1. The Labute approximate surface area is 203 Å². The molecule has 0 atom stereocenters. The molecule has 0 saturated heterocycles. The van der Waals surface area contributed by atoms with E-state index in [-0.39, 0.29) is 18.0 Å². The smallest absolute Gasteiger partial charge is 0.251 e. The highest BCUT2D eigenvalue weighted by atomic mass is 19.1. The van der Waals surface area contributed by atoms with Gasteiger partial charge in [-0.3, -0.25) is 4.79 Å². The number of hydrogen-bond donors (Lipinski definition) is 2. The summed E-state index contributed by atoms with van der Waals surface area (Å²) in [5, 5.41) is 12.4. The Kier molecular flexibility index (Phi) is 6.19. The molecule has 1 aliphatic rings. The van der Waals surface area contributed by atoms with Crippen molar-refractivity contribution < 1.29 is 9.18 Å². The minimum Gasteiger partial charge on any atom is -0.367 e. The van der Waals surface area contributed by atoms with Crippen LogP contribution in [0.3, 0.4) is 0 Å². The summed E-state index contributed by atoms with van der Waals surface area (Å²) in [6.45, 7) is 5.94. The van der Waals surface area contributed by atoms with Crippen molar-refractivity contribution in [2.45, 2.75) is 58.5 Å². The van der Waals surface area contributed by atoms with Crippen molar-refractivity contribution in [1.29, 1.82) is 0 Å². The molecule has 1 saturated carbocycles. The van der Waals surface area contributed by atoms with E-state index in [1.165, 1.54) is 12.1 Å². The van der Waals surface area contributed by atoms with Crippen molar-refractivity contribution in [3.8, 4) is 5.69 Å². The van der Waals surface area contributed by atoms with E-state index < -0.39 is 5.82 Å². The largest absolute Gasteiger partial charge is 0.367 e. The van der Waals surface area contributed by atoms with Gasteiger partial charge in [0, 0.05) is 17.6 Å². The van der Waals surface area contributed by atoms with Crippen LogP contribution in [-0.2, 0) is 0 Å². The van der Waals surface area contributed by atoms with Gasteiger partial charge in [-0.05, 0) is 82.3 Å². The minimum absolute atomic E-state index is 0.0711. The number of amides is 1. The molecule has 2 heterocycles. The third-order valence-corrected chi connectivity index (χ3v) is 6.55. The lowest BCUT2D eigenvalue weighted by molar-refractivity contribution is 0.0926. The zero-order valence-corrected chi connectivity index (χ0v) is 20.2. The molecule has 5 rings (SSSR count). The molecule has 35 heavy (non-hydrogen) atoms. The zero-order chi connectivity index (χ0) is 24.5. The molecular formula is C27H29FN6O. The average molecular weight is 473 g/mol. The second kappa shape index (κ2) is 9.44. The first kappa shape index (κ1) is 23.0. The number of rotatable bonds is 5. The summed E-state index contributed by atoms with van der Waals surface area (Å²) < 4.78 is 15.3. The van der Waals surface area contributed by atoms with Crippen LogP contribution in [-0.4, -0.2) is 37.7 Å². The molecular weight excluding hydrogens is 443 g/mol. The highest BCUT2D eigenvalue weighted by Crippen LogP contribution is 2.29. The standard InChI is InChI=1S/C27H29FN6O/c1-16-6-4-9-23(14-16)34-26-24(17(2)33-34)25(29-18(3)30-26)31-21-10-12-22(13-11-21)32-27(35)19-7-5-8-20(28)15-19/h4-9,14-15,21-22H,10-13H2,1-3H3,(H,32,35)(H,29,30,31). The number of carbonyl (C=O) groups is 1. The van der Waals surface area contributed by atoms with E-state index in [4.69, 9.17) is 15.1 Å². The van der Waals surface area contributed by atoms with Crippen LogP contribution in [0.1, 0.15) is 53.1 Å². The maximum Gasteiger partial charge on any atom is 0.251 e. The van der Waals surface area contributed by atoms with Gasteiger partial charge >= 0.3 is 0 Å². The molecule has 0 aliphatic heterocycles. The molecule has 180 valence electrons. The van der Waals surface area contributed by atoms with Crippen LogP contribution in [0.25, 0.3) is 16.7 Å². The highest BCUT2D eigenvalue weighted by molar-refractivity contribution is 5.94. The fourth-order valence-corrected chi connectivity index (χ4v) is 4.81. The number of anilines is 1. The van der Waals surface area contributed by atoms with Crippen LogP contribution in [0, 0.1) is 26.6 Å². The Hall–Kier alpha value is -3.81. The third kappa shape index (κ3) is 4.87. The van der Waals surface area contributed by atoms with Gasteiger partial charge < -0.3 is 10.6 Å². The molecule has 8 heteroatoms. The molecule has 7 nitrogen and oxygen atoms in total. The fourth-order valence-electron chi connectivity index (χ4n) is 4.81. The normalized spacial score (nSPS) is 17.9. The number of aromatic nitrogens is 4. The Morgan fingerprint density at radius 1 is 0.971 bits per heavy atom. The quantitative estimate of drug-likeness (QED) is 0.425. The highest BCUT2D eigenvalue weighted by Gasteiger charge is 2.25. The van der Waals surface area contributed by atoms with E-state index in [0.29, 0.717) is 11.4 Å². The van der Waals surface area contributed by atoms with E-state index in [2.05, 4.69) is 29.7 Å². The molecule has 0 unspecified atom stereocenters. The molecule has 1 fully saturated rings. The summed E-state index contributed by atoms with van der Waals surface area (Å²) in [6, 6.07) is 14.3. The van der Waals surface area contributed by atoms with Gasteiger partial charge in [0.15, 0.2) is 5.65 Å². The monoisotopic (exact) mass is 472 g/mol. The lowest BCUT2D eigenvalue weighted by atomic mass is 9.91. The van der Waals surface area contributed by atoms with E-state index in [1.54, 1.807) is 12.1 Å². The van der Waals surface area contributed by atoms with E-state index >= 15 is 0 Å². The van der Waals surface area contributed by atoms with Gasteiger partial charge in [-0.2, -0.15) is 5.10 Å². The number of nitrogens with zero attached hydrogens (tertiary/aromatic N) is 4. The lowest BCUT2D eigenvalue weighted by Crippen LogP contribution is -2.40. The number of hydrogen-bond acceptors (Lipinski definition) is 5. The van der Waals surface area contributed by atoms with Crippen molar-refractivity contribution in [2.24, 2.45) is 0 Å². The van der Waals surface area contributed by atoms with Gasteiger partial charge in [0.05, 0.1) is 16.8 Å². The summed E-state index contributed by atoms with van der Waals surface area (Å²) in [6.07, 6.45) is 3.47. The van der Waals surface area contributed by atoms with Crippen molar-refractivity contribution in [3.05, 3.63) is 77.0 Å². The number of nitrogens with one attached hydrogen (secondary N) is 2. The molecule has 2 aromatic carbocycles. The topological polar surface area (TPSA) is 84.7 Å². The fraction of sp³-hybridized carbons (Fsp3) is 0.333. The Morgan fingerprint density at radius 3 is 2.46 bits per heavy atom. The zero-order valence-electron chi connectivity index (χ0n) is 20.2. The molecule has 2 aromatic heterocycles. The van der Waals surface area contributed by atoms with Crippen LogP contribution in [0.4, 0.5) is 10.2 Å². The average Bonchev–Trinajstić information content (AvgIpc) is 3.16. The summed E-state index contributed by atoms with van der Waals surface area (Å²) in [5.74, 6) is 0.854. The molecule has 2 N–H and O–H groups in total. The van der Waals surface area contributed by atoms with Gasteiger partial charge in [0.1, 0.15) is 17.5 Å². The first-order valence-electron chi connectivity index (χ1n) is 12.0. The van der Waals surface area contributed by atoms with Gasteiger partial charge in [0.2, 0.25) is 0 Å². The SMILES string of the molecule is Cc1cccc(-n2nc(C)c3c(NC4CCC(NC(=O)c5cccc(F)c5)CC4)nc(C)nc32)c1. The van der Waals surface area contributed by atoms with Crippen molar-refractivity contribution in [3.63, 3.8) is 0 Å². The predicted molar refractivity (Wildman–Crippen MR) is 134 cm³/mol. The summed E-state index contributed by atoms with van der Waals surface area (Å²) in [4.78, 5) is 21.9. The Balaban J connectivity index is 1.30. The number of aryl methyl sites for hydroxylation is 3. The summed E-state index contributed by atoms with van der Waals surface area (Å²) in [5.41, 5.74) is 4.15. The molecule has 0 radical (unpaired) electrons. The van der Waals surface area contributed by atoms with Crippen LogP contribution in [0.5, 0.6) is 0 Å². The summed E-state index contributed by atoms with van der Waals surface area (Å²) >= 11 is 0. The molecule has 1 amide bonds. The van der Waals surface area contributed by atoms with Crippen LogP contribution < -0.4 is 10.6 Å². The second-order valence-corrected chi connectivity index (χ2v) is 9.33. The van der Waals surface area contributed by atoms with Crippen molar-refractivity contribution in [1.82, 2.24) is 25.1 Å². The number of benzene rings is 2. The van der Waals surface area contributed by atoms with Gasteiger partial charge in [-0.15, -0.1) is 0 Å². The van der Waals surface area contributed by atoms with Crippen molar-refractivity contribution >= 4 is 22.8 Å². The first-order valence-corrected chi connectivity index (χ1v) is 12.0. The Bertz CT molecular complexity index is 1390. The first-order chi connectivity index (χ1) is 16.9. The molecule has 0 bridgehead atoms. The van der Waals surface area contributed by atoms with E-state index in [1.807, 2.05) is 30.7 Å². The van der Waals surface area contributed by atoms with Crippen molar-refractivity contribution in [2.75, 3.05) is 5.32 Å². The van der Waals surface area contributed by atoms with E-state index in [9.17, 15) is 9.18 Å². The molecule has 1 aliphatic carbocycles. The molecule has 0 spiro atoms. The number of carbonyl (C=O) groups excluding carboxylic acids is 1. The number of halogens is 1. The minimum atomic E-state index is -0.405. The molecule has 4 aromatic rings. The van der Waals surface area contributed by atoms with Gasteiger partial charge in [-0.25, -0.2) is 19.0 Å². The van der Waals surface area contributed by atoms with E-state index in [0.717, 1.165) is 59.5 Å². The Morgan fingerprint density at radius 2 is 1.71 bits per heavy atom. The lowest BCUT2D eigenvalue weighted by Gasteiger charge is -2.30.